The van der Waals surface area contributed by atoms with Crippen LogP contribution in [-0.2, 0) is 30.4 Å². The first-order chi connectivity index (χ1) is 16.2. The molecule has 0 bridgehead atoms. The Bertz CT molecular complexity index is 1060. The molecule has 3 unspecified atom stereocenters. The number of H-pyrrole nitrogens is 1. The van der Waals surface area contributed by atoms with Crippen LogP contribution in [0.2, 0.25) is 0 Å². The largest absolute Gasteiger partial charge is 0.480 e. The van der Waals surface area contributed by atoms with E-state index in [2.05, 4.69) is 33.6 Å². The summed E-state index contributed by atoms with van der Waals surface area (Å²) in [7, 11) is 0. The van der Waals surface area contributed by atoms with Crippen molar-refractivity contribution < 1.29 is 29.1 Å². The number of para-hydroxylation sites is 1. The highest BCUT2D eigenvalue weighted by atomic mass is 32.1. The molecule has 12 nitrogen and oxygen atoms in total. The maximum atomic E-state index is 13.0. The van der Waals surface area contributed by atoms with Crippen molar-refractivity contribution in [1.82, 2.24) is 20.9 Å². The third kappa shape index (κ3) is 7.49. The highest BCUT2D eigenvalue weighted by Gasteiger charge is 2.30. The number of carbonyl (C=O) groups excluding carboxylic acids is 4. The van der Waals surface area contributed by atoms with Gasteiger partial charge in [0.2, 0.25) is 23.6 Å². The molecule has 1 aromatic carbocycles. The molecule has 13 heteroatoms. The van der Waals surface area contributed by atoms with Gasteiger partial charge in [-0.15, -0.1) is 0 Å². The van der Waals surface area contributed by atoms with Gasteiger partial charge in [-0.05, 0) is 18.1 Å². The Morgan fingerprint density at radius 3 is 2.26 bits per heavy atom. The fraction of sp³-hybridized carbons (Fsp3) is 0.381. The van der Waals surface area contributed by atoms with Gasteiger partial charge in [-0.2, -0.15) is 12.6 Å². The van der Waals surface area contributed by atoms with Gasteiger partial charge in [0.1, 0.15) is 18.1 Å². The highest BCUT2D eigenvalue weighted by Crippen LogP contribution is 2.19. The predicted octanol–water partition coefficient (Wildman–Crippen LogP) is -1.60. The van der Waals surface area contributed by atoms with Crippen LogP contribution < -0.4 is 27.4 Å². The molecule has 0 saturated carbocycles. The Morgan fingerprint density at radius 2 is 1.65 bits per heavy atom. The number of hydrogen-bond donors (Lipinski definition) is 8. The SMILES string of the molecule is NCC(=O)NC(CCC(N)=O)C(=O)NC(Cc1c[nH]c2ccccc12)C(=O)NC(CS)C(=O)O. The molecule has 2 rings (SSSR count). The first kappa shape index (κ1) is 26.7. The Balaban J connectivity index is 2.29. The topological polar surface area (TPSA) is 209 Å². The number of aliphatic carboxylic acids is 1. The second-order valence-electron chi connectivity index (χ2n) is 7.54. The van der Waals surface area contributed by atoms with Gasteiger partial charge in [-0.25, -0.2) is 4.79 Å². The van der Waals surface area contributed by atoms with Crippen molar-refractivity contribution in [3.63, 3.8) is 0 Å². The van der Waals surface area contributed by atoms with E-state index >= 15 is 0 Å². The lowest BCUT2D eigenvalue weighted by molar-refractivity contribution is -0.141. The van der Waals surface area contributed by atoms with E-state index in [0.29, 0.717) is 5.56 Å². The average molecular weight is 493 g/mol. The zero-order chi connectivity index (χ0) is 25.3. The Morgan fingerprint density at radius 1 is 1.00 bits per heavy atom. The lowest BCUT2D eigenvalue weighted by Gasteiger charge is -2.24. The minimum absolute atomic E-state index is 0.0217. The number of hydrogen-bond acceptors (Lipinski definition) is 7. The number of primary amides is 1. The average Bonchev–Trinajstić information content (AvgIpc) is 3.21. The summed E-state index contributed by atoms with van der Waals surface area (Å²) in [5.74, 6) is -4.26. The van der Waals surface area contributed by atoms with Crippen LogP contribution in [0.25, 0.3) is 10.9 Å². The molecule has 3 atom stereocenters. The molecule has 1 aromatic heterocycles. The molecule has 0 aliphatic carbocycles. The van der Waals surface area contributed by atoms with Gasteiger partial charge in [0, 0.05) is 35.7 Å². The smallest absolute Gasteiger partial charge is 0.327 e. The van der Waals surface area contributed by atoms with E-state index in [1.165, 1.54) is 0 Å². The van der Waals surface area contributed by atoms with Gasteiger partial charge >= 0.3 is 5.97 Å². The molecular formula is C21H28N6O6S. The molecule has 0 fully saturated rings. The molecule has 9 N–H and O–H groups in total. The minimum atomic E-state index is -1.28. The number of benzene rings is 1. The van der Waals surface area contributed by atoms with E-state index in [-0.39, 0.29) is 31.6 Å². The number of amides is 4. The number of thiol groups is 1. The van der Waals surface area contributed by atoms with Gasteiger partial charge in [-0.3, -0.25) is 19.2 Å². The van der Waals surface area contributed by atoms with Crippen molar-refractivity contribution in [3.05, 3.63) is 36.0 Å². The van der Waals surface area contributed by atoms with Gasteiger partial charge in [0.15, 0.2) is 0 Å². The van der Waals surface area contributed by atoms with E-state index in [4.69, 9.17) is 11.5 Å². The summed E-state index contributed by atoms with van der Waals surface area (Å²) in [4.78, 5) is 63.3. The Hall–Kier alpha value is -3.58. The number of fused-ring (bicyclic) bond motifs is 1. The molecule has 0 aliphatic rings. The van der Waals surface area contributed by atoms with Crippen molar-refractivity contribution in [3.8, 4) is 0 Å². The predicted molar refractivity (Wildman–Crippen MR) is 127 cm³/mol. The number of aromatic amines is 1. The summed E-state index contributed by atoms with van der Waals surface area (Å²) >= 11 is 3.94. The number of rotatable bonds is 13. The molecule has 4 amide bonds. The zero-order valence-corrected chi connectivity index (χ0v) is 19.1. The minimum Gasteiger partial charge on any atom is -0.480 e. The molecule has 1 heterocycles. The number of carboxylic acids is 1. The first-order valence-corrected chi connectivity index (χ1v) is 11.1. The summed E-state index contributed by atoms with van der Waals surface area (Å²) in [5, 5.41) is 17.4. The second-order valence-corrected chi connectivity index (χ2v) is 7.90. The van der Waals surface area contributed by atoms with Crippen molar-refractivity contribution in [2.75, 3.05) is 12.3 Å². The van der Waals surface area contributed by atoms with Crippen molar-refractivity contribution in [2.24, 2.45) is 11.5 Å². The van der Waals surface area contributed by atoms with E-state index in [9.17, 15) is 29.1 Å². The quantitative estimate of drug-likeness (QED) is 0.153. The fourth-order valence-electron chi connectivity index (χ4n) is 3.27. The van der Waals surface area contributed by atoms with E-state index < -0.39 is 47.7 Å². The molecule has 2 aromatic rings. The van der Waals surface area contributed by atoms with Crippen molar-refractivity contribution in [1.29, 1.82) is 0 Å². The van der Waals surface area contributed by atoms with Crippen LogP contribution >= 0.6 is 12.6 Å². The Labute approximate surface area is 200 Å². The fourth-order valence-corrected chi connectivity index (χ4v) is 3.52. The number of carboxylic acid groups (broad SMARTS) is 1. The van der Waals surface area contributed by atoms with E-state index in [0.717, 1.165) is 10.9 Å². The molecule has 0 radical (unpaired) electrons. The third-order valence-corrected chi connectivity index (χ3v) is 5.41. The maximum absolute atomic E-state index is 13.0. The summed E-state index contributed by atoms with van der Waals surface area (Å²) < 4.78 is 0. The van der Waals surface area contributed by atoms with Crippen LogP contribution in [-0.4, -0.2) is 70.1 Å². The monoisotopic (exact) mass is 492 g/mol. The number of carbonyl (C=O) groups is 5. The zero-order valence-electron chi connectivity index (χ0n) is 18.2. The molecule has 0 aliphatic heterocycles. The number of aromatic nitrogens is 1. The van der Waals surface area contributed by atoms with Crippen LogP contribution in [0.1, 0.15) is 18.4 Å². The first-order valence-electron chi connectivity index (χ1n) is 10.4. The number of nitrogens with two attached hydrogens (primary N) is 2. The molecule has 34 heavy (non-hydrogen) atoms. The van der Waals surface area contributed by atoms with Crippen LogP contribution in [0.5, 0.6) is 0 Å². The van der Waals surface area contributed by atoms with Gasteiger partial charge < -0.3 is 37.5 Å². The standard InChI is InChI=1S/C21H28N6O6S/c22-8-18(29)25-14(5-6-17(23)28)19(30)26-15(20(31)27-16(10-34)21(32)33)7-11-9-24-13-4-2-1-3-12(11)13/h1-4,9,14-16,24,34H,5-8,10,22H2,(H2,23,28)(H,25,29)(H,26,30)(H,27,31)(H,32,33). The summed E-state index contributed by atoms with van der Waals surface area (Å²) in [5.41, 5.74) is 12.0. The molecular weight excluding hydrogens is 464 g/mol. The van der Waals surface area contributed by atoms with Crippen molar-refractivity contribution >= 4 is 53.1 Å². The third-order valence-electron chi connectivity index (χ3n) is 5.05. The maximum Gasteiger partial charge on any atom is 0.327 e. The highest BCUT2D eigenvalue weighted by molar-refractivity contribution is 7.80. The molecule has 0 saturated heterocycles. The molecule has 0 spiro atoms. The Kier molecular flexibility index (Phi) is 9.89. The van der Waals surface area contributed by atoms with E-state index in [1.807, 2.05) is 24.3 Å². The van der Waals surface area contributed by atoms with Crippen LogP contribution in [0.4, 0.5) is 0 Å². The molecule has 184 valence electrons. The number of nitrogens with one attached hydrogen (secondary N) is 4. The normalized spacial score (nSPS) is 13.5. The van der Waals surface area contributed by atoms with Crippen LogP contribution in [0.15, 0.2) is 30.5 Å². The lowest BCUT2D eigenvalue weighted by atomic mass is 10.0. The van der Waals surface area contributed by atoms with Gasteiger partial charge in [-0.1, -0.05) is 18.2 Å². The lowest BCUT2D eigenvalue weighted by Crippen LogP contribution is -2.57. The summed E-state index contributed by atoms with van der Waals surface area (Å²) in [6, 6.07) is 3.68. The summed E-state index contributed by atoms with van der Waals surface area (Å²) in [6.07, 6.45) is 1.41. The van der Waals surface area contributed by atoms with Crippen LogP contribution in [0.3, 0.4) is 0 Å². The van der Waals surface area contributed by atoms with Gasteiger partial charge in [0.05, 0.1) is 6.54 Å². The van der Waals surface area contributed by atoms with E-state index in [1.54, 1.807) is 6.20 Å². The summed E-state index contributed by atoms with van der Waals surface area (Å²) in [6.45, 7) is -0.387. The second kappa shape index (κ2) is 12.6. The van der Waals surface area contributed by atoms with Crippen LogP contribution in [0, 0.1) is 0 Å². The van der Waals surface area contributed by atoms with Crippen molar-refractivity contribution in [2.45, 2.75) is 37.4 Å². The van der Waals surface area contributed by atoms with Gasteiger partial charge in [0.25, 0.3) is 0 Å².